The third kappa shape index (κ3) is 4.61. The molecule has 0 radical (unpaired) electrons. The van der Waals surface area contributed by atoms with Gasteiger partial charge >= 0.3 is 0 Å². The molecule has 0 aliphatic carbocycles. The van der Waals surface area contributed by atoms with Gasteiger partial charge in [0.25, 0.3) is 5.91 Å². The summed E-state index contributed by atoms with van der Waals surface area (Å²) >= 11 is 0. The van der Waals surface area contributed by atoms with Crippen LogP contribution in [-0.2, 0) is 0 Å². The SMILES string of the molecule is O=C(NCCCN1CCCCCC1)c1ccc2c(c1)OCCO2. The van der Waals surface area contributed by atoms with Gasteiger partial charge in [-0.25, -0.2) is 0 Å². The summed E-state index contributed by atoms with van der Waals surface area (Å²) in [6.07, 6.45) is 6.33. The van der Waals surface area contributed by atoms with Gasteiger partial charge in [0.1, 0.15) is 13.2 Å². The fourth-order valence-corrected chi connectivity index (χ4v) is 3.15. The highest BCUT2D eigenvalue weighted by atomic mass is 16.6. The number of benzene rings is 1. The van der Waals surface area contributed by atoms with Crippen molar-refractivity contribution in [3.8, 4) is 11.5 Å². The van der Waals surface area contributed by atoms with Crippen molar-refractivity contribution in [3.63, 3.8) is 0 Å². The van der Waals surface area contributed by atoms with Gasteiger partial charge in [0.15, 0.2) is 11.5 Å². The molecular weight excluding hydrogens is 292 g/mol. The number of ether oxygens (including phenoxy) is 2. The molecule has 1 N–H and O–H groups in total. The van der Waals surface area contributed by atoms with E-state index in [1.807, 2.05) is 0 Å². The number of hydrogen-bond acceptors (Lipinski definition) is 4. The number of nitrogens with zero attached hydrogens (tertiary/aromatic N) is 1. The van der Waals surface area contributed by atoms with E-state index in [4.69, 9.17) is 9.47 Å². The predicted octanol–water partition coefficient (Wildman–Crippen LogP) is 2.45. The number of carbonyl (C=O) groups excluding carboxylic acids is 1. The maximum Gasteiger partial charge on any atom is 0.251 e. The highest BCUT2D eigenvalue weighted by molar-refractivity contribution is 5.94. The van der Waals surface area contributed by atoms with Crippen LogP contribution in [0.1, 0.15) is 42.5 Å². The van der Waals surface area contributed by atoms with Gasteiger partial charge in [0.2, 0.25) is 0 Å². The zero-order valence-corrected chi connectivity index (χ0v) is 13.7. The number of rotatable bonds is 5. The molecule has 2 heterocycles. The summed E-state index contributed by atoms with van der Waals surface area (Å²) in [6.45, 7) is 5.29. The van der Waals surface area contributed by atoms with Crippen molar-refractivity contribution in [2.75, 3.05) is 39.4 Å². The summed E-state index contributed by atoms with van der Waals surface area (Å²) in [7, 11) is 0. The number of hydrogen-bond donors (Lipinski definition) is 1. The lowest BCUT2D eigenvalue weighted by atomic mass is 10.2. The molecule has 0 unspecified atom stereocenters. The standard InChI is InChI=1S/C18H26N2O3/c21-18(15-6-7-16-17(14-15)23-13-12-22-16)19-8-5-11-20-9-3-1-2-4-10-20/h6-7,14H,1-5,8-13H2,(H,19,21). The van der Waals surface area contributed by atoms with Crippen LogP contribution in [-0.4, -0.2) is 50.2 Å². The Balaban J connectivity index is 1.42. The van der Waals surface area contributed by atoms with E-state index in [-0.39, 0.29) is 5.91 Å². The fraction of sp³-hybridized carbons (Fsp3) is 0.611. The smallest absolute Gasteiger partial charge is 0.251 e. The molecular formula is C18H26N2O3. The van der Waals surface area contributed by atoms with E-state index in [1.165, 1.54) is 38.8 Å². The first kappa shape index (κ1) is 16.1. The minimum atomic E-state index is -0.0437. The van der Waals surface area contributed by atoms with Crippen LogP contribution < -0.4 is 14.8 Å². The lowest BCUT2D eigenvalue weighted by Crippen LogP contribution is -2.30. The van der Waals surface area contributed by atoms with Crippen molar-refractivity contribution in [1.29, 1.82) is 0 Å². The topological polar surface area (TPSA) is 50.8 Å². The second kappa shape index (κ2) is 8.20. The number of nitrogens with one attached hydrogen (secondary N) is 1. The third-order valence-corrected chi connectivity index (χ3v) is 4.44. The van der Waals surface area contributed by atoms with Crippen molar-refractivity contribution >= 4 is 5.91 Å². The first-order valence-electron chi connectivity index (χ1n) is 8.73. The summed E-state index contributed by atoms with van der Waals surface area (Å²) in [5.41, 5.74) is 0.629. The molecule has 5 nitrogen and oxygen atoms in total. The Kier molecular flexibility index (Phi) is 5.75. The monoisotopic (exact) mass is 318 g/mol. The number of fused-ring (bicyclic) bond motifs is 1. The zero-order valence-electron chi connectivity index (χ0n) is 13.7. The Hall–Kier alpha value is -1.75. The summed E-state index contributed by atoms with van der Waals surface area (Å²) in [5, 5.41) is 3.00. The minimum Gasteiger partial charge on any atom is -0.486 e. The van der Waals surface area contributed by atoms with Gasteiger partial charge in [-0.2, -0.15) is 0 Å². The van der Waals surface area contributed by atoms with E-state index in [1.54, 1.807) is 18.2 Å². The average molecular weight is 318 g/mol. The number of carbonyl (C=O) groups is 1. The van der Waals surface area contributed by atoms with E-state index in [0.29, 0.717) is 36.8 Å². The maximum absolute atomic E-state index is 12.2. The Labute approximate surface area is 137 Å². The molecule has 0 aromatic heterocycles. The van der Waals surface area contributed by atoms with E-state index in [2.05, 4.69) is 10.2 Å². The molecule has 2 aliphatic heterocycles. The zero-order chi connectivity index (χ0) is 15.9. The maximum atomic E-state index is 12.2. The Morgan fingerprint density at radius 2 is 1.78 bits per heavy atom. The van der Waals surface area contributed by atoms with Crippen LogP contribution in [0.5, 0.6) is 11.5 Å². The molecule has 3 rings (SSSR count). The van der Waals surface area contributed by atoms with Crippen molar-refractivity contribution in [3.05, 3.63) is 23.8 Å². The number of likely N-dealkylation sites (tertiary alicyclic amines) is 1. The highest BCUT2D eigenvalue weighted by Gasteiger charge is 2.15. The molecule has 5 heteroatoms. The van der Waals surface area contributed by atoms with Crippen LogP contribution in [0.3, 0.4) is 0 Å². The largest absolute Gasteiger partial charge is 0.486 e. The summed E-state index contributed by atoms with van der Waals surface area (Å²) < 4.78 is 11.0. The Morgan fingerprint density at radius 3 is 2.57 bits per heavy atom. The predicted molar refractivity (Wildman–Crippen MR) is 89.3 cm³/mol. The van der Waals surface area contributed by atoms with Crippen molar-refractivity contribution in [1.82, 2.24) is 10.2 Å². The second-order valence-electron chi connectivity index (χ2n) is 6.22. The van der Waals surface area contributed by atoms with E-state index >= 15 is 0 Å². The molecule has 126 valence electrons. The third-order valence-electron chi connectivity index (χ3n) is 4.44. The summed E-state index contributed by atoms with van der Waals surface area (Å²) in [6, 6.07) is 5.36. The summed E-state index contributed by atoms with van der Waals surface area (Å²) in [5.74, 6) is 1.33. The first-order chi connectivity index (χ1) is 11.3. The second-order valence-corrected chi connectivity index (χ2v) is 6.22. The van der Waals surface area contributed by atoms with Gasteiger partial charge < -0.3 is 19.7 Å². The van der Waals surface area contributed by atoms with Gasteiger partial charge in [-0.15, -0.1) is 0 Å². The van der Waals surface area contributed by atoms with Crippen LogP contribution >= 0.6 is 0 Å². The Bertz CT molecular complexity index is 525. The molecule has 2 aliphatic rings. The van der Waals surface area contributed by atoms with E-state index < -0.39 is 0 Å². The van der Waals surface area contributed by atoms with E-state index in [0.717, 1.165) is 13.0 Å². The van der Waals surface area contributed by atoms with Gasteiger partial charge in [-0.05, 0) is 57.1 Å². The van der Waals surface area contributed by atoms with Crippen molar-refractivity contribution in [2.45, 2.75) is 32.1 Å². The molecule has 1 amide bonds. The number of amides is 1. The molecule has 23 heavy (non-hydrogen) atoms. The van der Waals surface area contributed by atoms with Crippen LogP contribution in [0, 0.1) is 0 Å². The van der Waals surface area contributed by atoms with Crippen molar-refractivity contribution in [2.24, 2.45) is 0 Å². The molecule has 1 aromatic rings. The molecule has 0 bridgehead atoms. The van der Waals surface area contributed by atoms with Gasteiger partial charge in [0.05, 0.1) is 0 Å². The van der Waals surface area contributed by atoms with Gasteiger partial charge in [-0.3, -0.25) is 4.79 Å². The van der Waals surface area contributed by atoms with Crippen LogP contribution in [0.15, 0.2) is 18.2 Å². The lowest BCUT2D eigenvalue weighted by Gasteiger charge is -2.20. The quantitative estimate of drug-likeness (QED) is 0.847. The average Bonchev–Trinajstić information content (AvgIpc) is 2.87. The molecule has 1 saturated heterocycles. The lowest BCUT2D eigenvalue weighted by molar-refractivity contribution is 0.0950. The molecule has 0 atom stereocenters. The van der Waals surface area contributed by atoms with Crippen LogP contribution in [0.25, 0.3) is 0 Å². The molecule has 0 saturated carbocycles. The van der Waals surface area contributed by atoms with Gasteiger partial charge in [-0.1, -0.05) is 12.8 Å². The van der Waals surface area contributed by atoms with E-state index in [9.17, 15) is 4.79 Å². The highest BCUT2D eigenvalue weighted by Crippen LogP contribution is 2.30. The minimum absolute atomic E-state index is 0.0437. The Morgan fingerprint density at radius 1 is 1.04 bits per heavy atom. The fourth-order valence-electron chi connectivity index (χ4n) is 3.15. The van der Waals surface area contributed by atoms with Gasteiger partial charge in [0, 0.05) is 12.1 Å². The normalized spacial score (nSPS) is 18.3. The molecule has 1 aromatic carbocycles. The van der Waals surface area contributed by atoms with Crippen LogP contribution in [0.2, 0.25) is 0 Å². The van der Waals surface area contributed by atoms with Crippen LogP contribution in [0.4, 0.5) is 0 Å². The van der Waals surface area contributed by atoms with Crippen molar-refractivity contribution < 1.29 is 14.3 Å². The first-order valence-corrected chi connectivity index (χ1v) is 8.73. The molecule has 1 fully saturated rings. The molecule has 0 spiro atoms. The summed E-state index contributed by atoms with van der Waals surface area (Å²) in [4.78, 5) is 14.7.